The molecule has 2 saturated heterocycles. The van der Waals surface area contributed by atoms with Gasteiger partial charge >= 0.3 is 0 Å². The van der Waals surface area contributed by atoms with E-state index in [0.717, 1.165) is 23.2 Å². The summed E-state index contributed by atoms with van der Waals surface area (Å²) in [5.41, 5.74) is 3.59. The van der Waals surface area contributed by atoms with E-state index in [1.807, 2.05) is 47.4 Å². The van der Waals surface area contributed by atoms with Crippen LogP contribution in [0.4, 0.5) is 5.69 Å². The maximum absolute atomic E-state index is 14.1. The third-order valence-electron chi connectivity index (χ3n) is 9.93. The van der Waals surface area contributed by atoms with Gasteiger partial charge in [0.25, 0.3) is 0 Å². The molecule has 1 aliphatic carbocycles. The Labute approximate surface area is 233 Å². The Bertz CT molecular complexity index is 1360. The number of carbonyl (C=O) groups excluding carboxylic acids is 2. The molecule has 7 rings (SSSR count). The van der Waals surface area contributed by atoms with E-state index in [0.29, 0.717) is 49.8 Å². The first-order valence-electron chi connectivity index (χ1n) is 13.8. The first-order chi connectivity index (χ1) is 19.0. The van der Waals surface area contributed by atoms with Crippen LogP contribution in [0.3, 0.4) is 0 Å². The predicted octanol–water partition coefficient (Wildman–Crippen LogP) is 4.10. The normalized spacial score (nSPS) is 31.8. The molecule has 39 heavy (non-hydrogen) atoms. The van der Waals surface area contributed by atoms with Crippen molar-refractivity contribution in [3.05, 3.63) is 65.2 Å². The van der Waals surface area contributed by atoms with Crippen molar-refractivity contribution in [3.8, 4) is 11.5 Å². The number of halogens is 1. The summed E-state index contributed by atoms with van der Waals surface area (Å²) in [7, 11) is 3.24. The first kappa shape index (κ1) is 25.0. The highest BCUT2D eigenvalue weighted by molar-refractivity contribution is 6.18. The third kappa shape index (κ3) is 3.45. The highest BCUT2D eigenvalue weighted by atomic mass is 35.5. The third-order valence-corrected chi connectivity index (χ3v) is 10.1. The number of alkyl halides is 1. The van der Waals surface area contributed by atoms with E-state index in [-0.39, 0.29) is 41.8 Å². The van der Waals surface area contributed by atoms with E-state index in [2.05, 4.69) is 11.0 Å². The van der Waals surface area contributed by atoms with Crippen LogP contribution in [0.5, 0.6) is 11.5 Å². The lowest BCUT2D eigenvalue weighted by Crippen LogP contribution is -2.72. The Kier molecular flexibility index (Phi) is 5.94. The van der Waals surface area contributed by atoms with Crippen molar-refractivity contribution in [1.82, 2.24) is 4.90 Å². The molecular formula is C31H33ClN2O5. The van der Waals surface area contributed by atoms with Gasteiger partial charge in [-0.05, 0) is 41.5 Å². The number of fused-ring (bicyclic) bond motifs is 5. The first-order valence-corrected chi connectivity index (χ1v) is 14.3. The molecule has 204 valence electrons. The van der Waals surface area contributed by atoms with Crippen molar-refractivity contribution in [1.29, 1.82) is 0 Å². The van der Waals surface area contributed by atoms with Crippen molar-refractivity contribution in [2.45, 2.75) is 49.3 Å². The van der Waals surface area contributed by atoms with E-state index >= 15 is 0 Å². The Morgan fingerprint density at radius 1 is 1.15 bits per heavy atom. The van der Waals surface area contributed by atoms with Gasteiger partial charge in [0.2, 0.25) is 11.8 Å². The minimum absolute atomic E-state index is 0.0525. The second-order valence-electron chi connectivity index (χ2n) is 11.4. The van der Waals surface area contributed by atoms with Crippen LogP contribution >= 0.6 is 11.6 Å². The molecular weight excluding hydrogens is 516 g/mol. The van der Waals surface area contributed by atoms with Crippen molar-refractivity contribution in [3.63, 3.8) is 0 Å². The Morgan fingerprint density at radius 3 is 2.67 bits per heavy atom. The summed E-state index contributed by atoms with van der Waals surface area (Å²) < 4.78 is 17.8. The summed E-state index contributed by atoms with van der Waals surface area (Å²) in [6.45, 7) is 1.05. The van der Waals surface area contributed by atoms with Gasteiger partial charge in [-0.2, -0.15) is 0 Å². The number of carbonyl (C=O) groups is 2. The highest BCUT2D eigenvalue weighted by Crippen LogP contribution is 2.64. The SMILES string of the molecule is COc1cc2c(cc1OC)[C@@]1(CCCl)[C@@H]3C[C@H]4C(=CCO[C@@H]5CC(=O)N2[C@@H]1[C@@H]54)CN3C(=O)Cc1ccccc1. The molecule has 1 saturated carbocycles. The molecule has 3 fully saturated rings. The summed E-state index contributed by atoms with van der Waals surface area (Å²) in [5.74, 6) is 2.15. The van der Waals surface area contributed by atoms with E-state index in [1.54, 1.807) is 14.2 Å². The van der Waals surface area contributed by atoms with Gasteiger partial charge in [-0.3, -0.25) is 9.59 Å². The van der Waals surface area contributed by atoms with E-state index in [1.165, 1.54) is 5.57 Å². The number of ether oxygens (including phenoxy) is 3. The average molecular weight is 549 g/mol. The predicted molar refractivity (Wildman–Crippen MR) is 148 cm³/mol. The Morgan fingerprint density at radius 2 is 1.92 bits per heavy atom. The maximum Gasteiger partial charge on any atom is 0.229 e. The topological polar surface area (TPSA) is 68.3 Å². The molecule has 7 nitrogen and oxygen atoms in total. The lowest BCUT2D eigenvalue weighted by molar-refractivity contribution is -0.145. The Balaban J connectivity index is 1.44. The van der Waals surface area contributed by atoms with Crippen LogP contribution in [-0.2, 0) is 26.2 Å². The van der Waals surface area contributed by atoms with E-state index < -0.39 is 5.41 Å². The van der Waals surface area contributed by atoms with Crippen molar-refractivity contribution >= 4 is 29.1 Å². The number of piperidine rings is 2. The molecule has 0 radical (unpaired) electrons. The highest BCUT2D eigenvalue weighted by Gasteiger charge is 2.69. The molecule has 0 unspecified atom stereocenters. The van der Waals surface area contributed by atoms with Gasteiger partial charge in [0.1, 0.15) is 0 Å². The largest absolute Gasteiger partial charge is 0.493 e. The summed E-state index contributed by atoms with van der Waals surface area (Å²) in [6, 6.07) is 13.6. The number of hydrogen-bond donors (Lipinski definition) is 0. The van der Waals surface area contributed by atoms with Crippen molar-refractivity contribution in [2.75, 3.05) is 38.2 Å². The summed E-state index contributed by atoms with van der Waals surface area (Å²) >= 11 is 6.63. The number of nitrogens with zero attached hydrogens (tertiary/aromatic N) is 2. The van der Waals surface area contributed by atoms with E-state index in [9.17, 15) is 9.59 Å². The van der Waals surface area contributed by atoms with Gasteiger partial charge in [0.15, 0.2) is 11.5 Å². The number of anilines is 1. The fourth-order valence-electron chi connectivity index (χ4n) is 8.49. The molecule has 0 aromatic heterocycles. The molecule has 0 spiro atoms. The maximum atomic E-state index is 14.1. The number of rotatable bonds is 6. The molecule has 4 heterocycles. The fourth-order valence-corrected chi connectivity index (χ4v) is 8.80. The van der Waals surface area contributed by atoms with Gasteiger partial charge in [0.05, 0.1) is 51.5 Å². The molecule has 6 atom stereocenters. The molecule has 2 amide bonds. The van der Waals surface area contributed by atoms with Gasteiger partial charge in [-0.15, -0.1) is 11.6 Å². The average Bonchev–Trinajstić information content (AvgIpc) is 3.10. The second-order valence-corrected chi connectivity index (χ2v) is 11.8. The standard InChI is InChI=1S/C31H33ClN2O5/c1-37-23-14-21-22(15-24(23)38-2)34-28(36)16-25-29-20-13-26(31(21,9-10-32)30(29)34)33(17-19(20)8-11-39-25)27(35)12-18-6-4-3-5-7-18/h3-8,14-15,20,25-26,29-30H,9-13,16-17H2,1-2H3/t20-,25+,26-,29+,30+,31-/m0/s1. The number of hydrogen-bond acceptors (Lipinski definition) is 5. The molecule has 2 aromatic carbocycles. The molecule has 2 bridgehead atoms. The van der Waals surface area contributed by atoms with E-state index in [4.69, 9.17) is 25.8 Å². The molecule has 0 N–H and O–H groups in total. The summed E-state index contributed by atoms with van der Waals surface area (Å²) in [6.07, 6.45) is 4.17. The molecule has 5 aliphatic rings. The number of amides is 2. The van der Waals surface area contributed by atoms with Gasteiger partial charge < -0.3 is 24.0 Å². The molecule has 4 aliphatic heterocycles. The fraction of sp³-hybridized carbons (Fsp3) is 0.484. The zero-order chi connectivity index (χ0) is 26.9. The zero-order valence-electron chi connectivity index (χ0n) is 22.3. The Hall–Kier alpha value is -3.03. The zero-order valence-corrected chi connectivity index (χ0v) is 23.0. The lowest BCUT2D eigenvalue weighted by atomic mass is 9.51. The van der Waals surface area contributed by atoms with Gasteiger partial charge in [-0.1, -0.05) is 36.4 Å². The number of likely N-dealkylation sites (tertiary alicyclic amines) is 1. The van der Waals surface area contributed by atoms with Crippen LogP contribution in [0.2, 0.25) is 0 Å². The van der Waals surface area contributed by atoms with Crippen LogP contribution in [0.15, 0.2) is 54.1 Å². The minimum Gasteiger partial charge on any atom is -0.493 e. The smallest absolute Gasteiger partial charge is 0.229 e. The summed E-state index contributed by atoms with van der Waals surface area (Å²) in [4.78, 5) is 32.1. The van der Waals surface area contributed by atoms with Crippen LogP contribution < -0.4 is 14.4 Å². The quantitative estimate of drug-likeness (QED) is 0.401. The van der Waals surface area contributed by atoms with Gasteiger partial charge in [-0.25, -0.2) is 0 Å². The van der Waals surface area contributed by atoms with Crippen LogP contribution in [0, 0.1) is 11.8 Å². The monoisotopic (exact) mass is 548 g/mol. The number of benzene rings is 2. The molecule has 2 aromatic rings. The van der Waals surface area contributed by atoms with Crippen LogP contribution in [0.1, 0.15) is 30.4 Å². The lowest BCUT2D eigenvalue weighted by Gasteiger charge is -2.62. The summed E-state index contributed by atoms with van der Waals surface area (Å²) in [5, 5.41) is 0. The number of methoxy groups -OCH3 is 2. The second kappa shape index (κ2) is 9.27. The van der Waals surface area contributed by atoms with Crippen LogP contribution in [0.25, 0.3) is 0 Å². The van der Waals surface area contributed by atoms with Gasteiger partial charge in [0, 0.05) is 35.9 Å². The van der Waals surface area contributed by atoms with Crippen molar-refractivity contribution in [2.24, 2.45) is 11.8 Å². The van der Waals surface area contributed by atoms with Crippen LogP contribution in [-0.4, -0.2) is 68.2 Å². The van der Waals surface area contributed by atoms with Crippen molar-refractivity contribution < 1.29 is 23.8 Å². The minimum atomic E-state index is -0.544. The molecule has 8 heteroatoms.